The fourth-order valence-corrected chi connectivity index (χ4v) is 3.33. The van der Waals surface area contributed by atoms with E-state index in [2.05, 4.69) is 10.1 Å². The summed E-state index contributed by atoms with van der Waals surface area (Å²) < 4.78 is 50.7. The number of alkyl carbamates (subject to hydrolysis) is 1. The van der Waals surface area contributed by atoms with Gasteiger partial charge in [-0.1, -0.05) is 36.4 Å². The van der Waals surface area contributed by atoms with E-state index >= 15 is 0 Å². The lowest BCUT2D eigenvalue weighted by atomic mass is 9.77. The fraction of sp³-hybridized carbons (Fsp3) is 0.360. The lowest BCUT2D eigenvalue weighted by Crippen LogP contribution is -2.41. The van der Waals surface area contributed by atoms with Crippen molar-refractivity contribution in [1.82, 2.24) is 5.32 Å². The fourth-order valence-electron chi connectivity index (χ4n) is 3.33. The van der Waals surface area contributed by atoms with E-state index in [4.69, 9.17) is 14.0 Å². The monoisotopic (exact) mass is 487 g/mol. The molecule has 0 atom stereocenters. The summed E-state index contributed by atoms with van der Waals surface area (Å²) in [6.07, 6.45) is 0.752. The van der Waals surface area contributed by atoms with E-state index < -0.39 is 47.6 Å². The van der Waals surface area contributed by atoms with Crippen LogP contribution in [0.5, 0.6) is 0 Å². The van der Waals surface area contributed by atoms with Gasteiger partial charge in [-0.15, -0.1) is 0 Å². The number of benzene rings is 2. The molecule has 1 N–H and O–H groups in total. The summed E-state index contributed by atoms with van der Waals surface area (Å²) in [6.45, 7) is 7.43. The molecule has 0 bridgehead atoms. The molecule has 1 aliphatic heterocycles. The zero-order valence-corrected chi connectivity index (χ0v) is 20.3. The van der Waals surface area contributed by atoms with Gasteiger partial charge in [-0.25, -0.2) is 18.4 Å². The standard InChI is InChI=1S/C25H28BF2NO6/c1-24(2)25(3,4)35-26(34-24)18(14-29-23(31)33-15-16-9-7-6-8-10-16)11-17-12-19(27)21(20(28)13-17)22(30)32-5/h6-13H,14-15H2,1-5H3,(H,29,31). The minimum Gasteiger partial charge on any atom is -0.465 e. The van der Waals surface area contributed by atoms with Crippen molar-refractivity contribution < 1.29 is 37.2 Å². The molecule has 3 rings (SSSR count). The van der Waals surface area contributed by atoms with Crippen LogP contribution in [0.2, 0.25) is 0 Å². The Morgan fingerprint density at radius 1 is 1.03 bits per heavy atom. The molecule has 1 amide bonds. The van der Waals surface area contributed by atoms with Gasteiger partial charge in [0.25, 0.3) is 0 Å². The molecular formula is C25H28BF2NO6. The maximum Gasteiger partial charge on any atom is 0.492 e. The second kappa shape index (κ2) is 10.6. The predicted octanol–water partition coefficient (Wildman–Crippen LogP) is 4.69. The molecule has 0 aromatic heterocycles. The molecule has 7 nitrogen and oxygen atoms in total. The van der Waals surface area contributed by atoms with E-state index in [1.165, 1.54) is 6.08 Å². The largest absolute Gasteiger partial charge is 0.492 e. The average molecular weight is 487 g/mol. The Balaban J connectivity index is 1.83. The van der Waals surface area contributed by atoms with Crippen LogP contribution in [-0.2, 0) is 25.4 Å². The summed E-state index contributed by atoms with van der Waals surface area (Å²) in [7, 11) is 0.134. The summed E-state index contributed by atoms with van der Waals surface area (Å²) in [4.78, 5) is 24.0. The van der Waals surface area contributed by atoms with E-state index in [-0.39, 0.29) is 18.7 Å². The SMILES string of the molecule is COC(=O)c1c(F)cc(C=C(CNC(=O)OCc2ccccc2)B2OC(C)(C)C(C)(C)O2)cc1F. The van der Waals surface area contributed by atoms with Crippen LogP contribution < -0.4 is 5.32 Å². The van der Waals surface area contributed by atoms with Crippen molar-refractivity contribution in [3.8, 4) is 0 Å². The number of carbonyl (C=O) groups is 2. The van der Waals surface area contributed by atoms with Crippen LogP contribution in [0, 0.1) is 11.6 Å². The van der Waals surface area contributed by atoms with Crippen molar-refractivity contribution >= 4 is 25.3 Å². The number of hydrogen-bond acceptors (Lipinski definition) is 6. The Labute approximate surface area is 203 Å². The van der Waals surface area contributed by atoms with Crippen molar-refractivity contribution in [2.24, 2.45) is 0 Å². The number of amides is 1. The van der Waals surface area contributed by atoms with E-state index in [0.29, 0.717) is 5.47 Å². The highest BCUT2D eigenvalue weighted by Gasteiger charge is 2.52. The second-order valence-electron chi connectivity index (χ2n) is 9.07. The van der Waals surface area contributed by atoms with Gasteiger partial charge in [-0.3, -0.25) is 0 Å². The van der Waals surface area contributed by atoms with E-state index in [9.17, 15) is 18.4 Å². The minimum absolute atomic E-state index is 0.0769. The smallest absolute Gasteiger partial charge is 0.465 e. The second-order valence-corrected chi connectivity index (χ2v) is 9.07. The summed E-state index contributed by atoms with van der Waals surface area (Å²) in [5.41, 5.74) is -0.835. The molecule has 1 heterocycles. The average Bonchev–Trinajstić information content (AvgIpc) is 3.01. The van der Waals surface area contributed by atoms with Crippen LogP contribution in [0.4, 0.5) is 13.6 Å². The third-order valence-electron chi connectivity index (χ3n) is 6.01. The van der Waals surface area contributed by atoms with Crippen LogP contribution in [0.25, 0.3) is 6.08 Å². The summed E-state index contributed by atoms with van der Waals surface area (Å²) in [6, 6.07) is 11.2. The summed E-state index contributed by atoms with van der Waals surface area (Å²) in [5.74, 6) is -3.28. The molecule has 186 valence electrons. The zero-order valence-electron chi connectivity index (χ0n) is 20.3. The molecule has 0 radical (unpaired) electrons. The Morgan fingerprint density at radius 3 is 2.14 bits per heavy atom. The molecule has 1 aliphatic rings. The van der Waals surface area contributed by atoms with E-state index in [1.807, 2.05) is 58.0 Å². The number of carbonyl (C=O) groups excluding carboxylic acids is 2. The number of hydrogen-bond donors (Lipinski definition) is 1. The molecule has 0 saturated carbocycles. The molecule has 1 saturated heterocycles. The first-order valence-electron chi connectivity index (χ1n) is 11.0. The van der Waals surface area contributed by atoms with Gasteiger partial charge in [0.2, 0.25) is 0 Å². The number of halogens is 2. The molecule has 35 heavy (non-hydrogen) atoms. The Bertz CT molecular complexity index is 1080. The van der Waals surface area contributed by atoms with Crippen molar-refractivity contribution in [3.63, 3.8) is 0 Å². The van der Waals surface area contributed by atoms with Gasteiger partial charge >= 0.3 is 19.2 Å². The lowest BCUT2D eigenvalue weighted by molar-refractivity contribution is 0.00578. The lowest BCUT2D eigenvalue weighted by Gasteiger charge is -2.32. The predicted molar refractivity (Wildman–Crippen MR) is 126 cm³/mol. The van der Waals surface area contributed by atoms with Crippen LogP contribution in [0.15, 0.2) is 47.9 Å². The van der Waals surface area contributed by atoms with Crippen molar-refractivity contribution in [1.29, 1.82) is 0 Å². The van der Waals surface area contributed by atoms with Crippen LogP contribution in [0.1, 0.15) is 49.2 Å². The number of rotatable bonds is 7. The zero-order chi connectivity index (χ0) is 25.8. The Hall–Kier alpha value is -3.24. The number of methoxy groups -OCH3 is 1. The molecule has 1 fully saturated rings. The highest BCUT2D eigenvalue weighted by atomic mass is 19.1. The molecule has 10 heteroatoms. The molecule has 0 spiro atoms. The first-order valence-corrected chi connectivity index (χ1v) is 11.0. The highest BCUT2D eigenvalue weighted by molar-refractivity contribution is 6.56. The van der Waals surface area contributed by atoms with Gasteiger partial charge in [0.1, 0.15) is 23.8 Å². The normalized spacial score (nSPS) is 16.7. The van der Waals surface area contributed by atoms with E-state index in [1.54, 1.807) is 0 Å². The maximum atomic E-state index is 14.5. The quantitative estimate of drug-likeness (QED) is 0.451. The van der Waals surface area contributed by atoms with E-state index in [0.717, 1.165) is 24.8 Å². The van der Waals surface area contributed by atoms with Gasteiger partial charge in [0, 0.05) is 6.54 Å². The molecule has 2 aromatic rings. The molecule has 0 aliphatic carbocycles. The number of ether oxygens (including phenoxy) is 2. The Kier molecular flexibility index (Phi) is 7.97. The maximum absolute atomic E-state index is 14.5. The van der Waals surface area contributed by atoms with Crippen LogP contribution in [0.3, 0.4) is 0 Å². The molecular weight excluding hydrogens is 459 g/mol. The third kappa shape index (κ3) is 6.26. The first kappa shape index (κ1) is 26.4. The van der Waals surface area contributed by atoms with Crippen molar-refractivity contribution in [2.75, 3.05) is 13.7 Å². The van der Waals surface area contributed by atoms with Crippen LogP contribution >= 0.6 is 0 Å². The van der Waals surface area contributed by atoms with Crippen LogP contribution in [-0.4, -0.2) is 44.0 Å². The van der Waals surface area contributed by atoms with Crippen molar-refractivity contribution in [3.05, 3.63) is 76.3 Å². The van der Waals surface area contributed by atoms with Gasteiger partial charge in [0.05, 0.1) is 18.3 Å². The number of esters is 1. The highest BCUT2D eigenvalue weighted by Crippen LogP contribution is 2.38. The molecule has 2 aromatic carbocycles. The topological polar surface area (TPSA) is 83.1 Å². The first-order chi connectivity index (χ1) is 16.4. The summed E-state index contributed by atoms with van der Waals surface area (Å²) >= 11 is 0. The van der Waals surface area contributed by atoms with Gasteiger partial charge < -0.3 is 24.1 Å². The summed E-state index contributed by atoms with van der Waals surface area (Å²) in [5, 5.41) is 2.62. The van der Waals surface area contributed by atoms with Crippen molar-refractivity contribution in [2.45, 2.75) is 45.5 Å². The third-order valence-corrected chi connectivity index (χ3v) is 6.01. The van der Waals surface area contributed by atoms with Gasteiger partial charge in [0.15, 0.2) is 0 Å². The number of nitrogens with one attached hydrogen (secondary N) is 1. The molecule has 0 unspecified atom stereocenters. The minimum atomic E-state index is -1.12. The Morgan fingerprint density at radius 2 is 1.60 bits per heavy atom. The van der Waals surface area contributed by atoms with Gasteiger partial charge in [-0.2, -0.15) is 0 Å². The van der Waals surface area contributed by atoms with Gasteiger partial charge in [-0.05, 0) is 56.4 Å².